The van der Waals surface area contributed by atoms with Crippen molar-refractivity contribution in [3.8, 4) is 5.75 Å². The van der Waals surface area contributed by atoms with Crippen molar-refractivity contribution in [3.05, 3.63) is 76.1 Å². The SMILES string of the molecule is COc1ccc(CNc2ncnc(Nc3ccc(F)c(F)c3)c2[N+](=O)[O-])cc1. The van der Waals surface area contributed by atoms with Gasteiger partial charge in [-0.25, -0.2) is 18.7 Å². The van der Waals surface area contributed by atoms with Crippen LogP contribution in [-0.4, -0.2) is 22.0 Å². The minimum absolute atomic E-state index is 0.0131. The summed E-state index contributed by atoms with van der Waals surface area (Å²) < 4.78 is 31.5. The predicted octanol–water partition coefficient (Wildman–Crippen LogP) is 4.03. The topological polar surface area (TPSA) is 102 Å². The van der Waals surface area contributed by atoms with Gasteiger partial charge in [0.15, 0.2) is 11.6 Å². The fraction of sp³-hybridized carbons (Fsp3) is 0.111. The Hall–Kier alpha value is -3.82. The first-order valence-electron chi connectivity index (χ1n) is 8.06. The second-order valence-corrected chi connectivity index (χ2v) is 5.63. The van der Waals surface area contributed by atoms with E-state index < -0.39 is 22.2 Å². The Morgan fingerprint density at radius 1 is 1.07 bits per heavy atom. The van der Waals surface area contributed by atoms with E-state index in [2.05, 4.69) is 20.6 Å². The molecule has 0 radical (unpaired) electrons. The van der Waals surface area contributed by atoms with Gasteiger partial charge in [-0.15, -0.1) is 0 Å². The van der Waals surface area contributed by atoms with E-state index in [1.54, 1.807) is 31.4 Å². The zero-order valence-electron chi connectivity index (χ0n) is 14.6. The van der Waals surface area contributed by atoms with Crippen LogP contribution in [0.1, 0.15) is 5.56 Å². The van der Waals surface area contributed by atoms with Crippen molar-refractivity contribution < 1.29 is 18.4 Å². The number of nitro groups is 1. The summed E-state index contributed by atoms with van der Waals surface area (Å²) in [6.45, 7) is 0.270. The molecule has 1 heterocycles. The van der Waals surface area contributed by atoms with Crippen LogP contribution in [0.2, 0.25) is 0 Å². The maximum Gasteiger partial charge on any atom is 0.353 e. The number of rotatable bonds is 7. The summed E-state index contributed by atoms with van der Waals surface area (Å²) in [5.74, 6) is -1.58. The quantitative estimate of drug-likeness (QED) is 0.466. The van der Waals surface area contributed by atoms with Gasteiger partial charge in [-0.1, -0.05) is 12.1 Å². The Bertz CT molecular complexity index is 999. The Labute approximate surface area is 158 Å². The molecule has 144 valence electrons. The van der Waals surface area contributed by atoms with E-state index in [4.69, 9.17) is 4.74 Å². The molecule has 1 aromatic heterocycles. The van der Waals surface area contributed by atoms with Crippen LogP contribution in [0.25, 0.3) is 0 Å². The fourth-order valence-corrected chi connectivity index (χ4v) is 2.41. The van der Waals surface area contributed by atoms with Gasteiger partial charge in [-0.3, -0.25) is 10.1 Å². The molecule has 3 rings (SSSR count). The lowest BCUT2D eigenvalue weighted by molar-refractivity contribution is -0.383. The maximum atomic E-state index is 13.4. The standard InChI is InChI=1S/C18H15F2N5O3/c1-28-13-5-2-11(3-6-13)9-21-17-16(25(26)27)18(23-10-22-17)24-12-4-7-14(19)15(20)8-12/h2-8,10H,9H2,1H3,(H2,21,22,23,24). The number of nitrogens with one attached hydrogen (secondary N) is 2. The fourth-order valence-electron chi connectivity index (χ4n) is 2.41. The Morgan fingerprint density at radius 3 is 2.43 bits per heavy atom. The first kappa shape index (κ1) is 19.0. The minimum Gasteiger partial charge on any atom is -0.497 e. The molecule has 0 saturated heterocycles. The molecule has 2 aromatic carbocycles. The first-order chi connectivity index (χ1) is 13.5. The molecule has 0 bridgehead atoms. The maximum absolute atomic E-state index is 13.4. The zero-order valence-corrected chi connectivity index (χ0v) is 14.6. The monoisotopic (exact) mass is 387 g/mol. The molecule has 0 aliphatic heterocycles. The van der Waals surface area contributed by atoms with Gasteiger partial charge in [-0.2, -0.15) is 0 Å². The lowest BCUT2D eigenvalue weighted by Crippen LogP contribution is -2.08. The molecule has 0 spiro atoms. The van der Waals surface area contributed by atoms with Crippen molar-refractivity contribution >= 4 is 23.0 Å². The van der Waals surface area contributed by atoms with Gasteiger partial charge in [0.25, 0.3) is 0 Å². The molecule has 8 nitrogen and oxygen atoms in total. The number of hydrogen-bond donors (Lipinski definition) is 2. The molecule has 0 atom stereocenters. The van der Waals surface area contributed by atoms with Crippen molar-refractivity contribution in [2.45, 2.75) is 6.54 Å². The third kappa shape index (κ3) is 4.29. The summed E-state index contributed by atoms with van der Waals surface area (Å²) in [5, 5.41) is 17.1. The number of hydrogen-bond acceptors (Lipinski definition) is 7. The molecule has 0 unspecified atom stereocenters. The highest BCUT2D eigenvalue weighted by atomic mass is 19.2. The predicted molar refractivity (Wildman–Crippen MR) is 98.6 cm³/mol. The highest BCUT2D eigenvalue weighted by molar-refractivity contribution is 5.73. The van der Waals surface area contributed by atoms with Crippen LogP contribution in [0.15, 0.2) is 48.8 Å². The van der Waals surface area contributed by atoms with Gasteiger partial charge < -0.3 is 15.4 Å². The molecule has 2 N–H and O–H groups in total. The Morgan fingerprint density at radius 2 is 1.79 bits per heavy atom. The van der Waals surface area contributed by atoms with Gasteiger partial charge in [0.05, 0.1) is 12.0 Å². The molecule has 0 aliphatic carbocycles. The number of benzene rings is 2. The van der Waals surface area contributed by atoms with E-state index in [0.29, 0.717) is 5.75 Å². The highest BCUT2D eigenvalue weighted by Gasteiger charge is 2.23. The molecule has 0 fully saturated rings. The molecule has 10 heteroatoms. The number of methoxy groups -OCH3 is 1. The second kappa shape index (κ2) is 8.25. The van der Waals surface area contributed by atoms with Gasteiger partial charge in [0.2, 0.25) is 11.6 Å². The molecule has 0 amide bonds. The third-order valence-electron chi connectivity index (χ3n) is 3.81. The minimum atomic E-state index is -1.08. The Balaban J connectivity index is 1.84. The van der Waals surface area contributed by atoms with E-state index >= 15 is 0 Å². The van der Waals surface area contributed by atoms with Crippen LogP contribution in [-0.2, 0) is 6.54 Å². The number of halogens is 2. The first-order valence-corrected chi connectivity index (χ1v) is 8.06. The van der Waals surface area contributed by atoms with Gasteiger partial charge in [0, 0.05) is 18.3 Å². The van der Waals surface area contributed by atoms with E-state index in [1.807, 2.05) is 0 Å². The third-order valence-corrected chi connectivity index (χ3v) is 3.81. The molecular formula is C18H15F2N5O3. The summed E-state index contributed by atoms with van der Waals surface area (Å²) in [5.41, 5.74) is 0.548. The van der Waals surface area contributed by atoms with E-state index in [9.17, 15) is 18.9 Å². The van der Waals surface area contributed by atoms with Gasteiger partial charge >= 0.3 is 5.69 Å². The number of anilines is 3. The van der Waals surface area contributed by atoms with Crippen molar-refractivity contribution in [2.24, 2.45) is 0 Å². The van der Waals surface area contributed by atoms with E-state index in [0.717, 1.165) is 24.0 Å². The summed E-state index contributed by atoms with van der Waals surface area (Å²) in [6.07, 6.45) is 1.13. The van der Waals surface area contributed by atoms with Gasteiger partial charge in [-0.05, 0) is 29.8 Å². The summed E-state index contributed by atoms with van der Waals surface area (Å²) in [4.78, 5) is 18.7. The van der Waals surface area contributed by atoms with Crippen LogP contribution in [0.4, 0.5) is 31.8 Å². The van der Waals surface area contributed by atoms with E-state index in [-0.39, 0.29) is 23.9 Å². The lowest BCUT2D eigenvalue weighted by atomic mass is 10.2. The molecule has 28 heavy (non-hydrogen) atoms. The number of ether oxygens (including phenoxy) is 1. The molecular weight excluding hydrogens is 372 g/mol. The molecule has 3 aromatic rings. The lowest BCUT2D eigenvalue weighted by Gasteiger charge is -2.10. The molecule has 0 saturated carbocycles. The van der Waals surface area contributed by atoms with Crippen molar-refractivity contribution in [2.75, 3.05) is 17.7 Å². The van der Waals surface area contributed by atoms with Crippen molar-refractivity contribution in [1.82, 2.24) is 9.97 Å². The van der Waals surface area contributed by atoms with E-state index in [1.165, 1.54) is 6.07 Å². The van der Waals surface area contributed by atoms with Crippen molar-refractivity contribution in [3.63, 3.8) is 0 Å². The van der Waals surface area contributed by atoms with Crippen molar-refractivity contribution in [1.29, 1.82) is 0 Å². The van der Waals surface area contributed by atoms with Crippen LogP contribution >= 0.6 is 0 Å². The van der Waals surface area contributed by atoms with Crippen LogP contribution in [0.5, 0.6) is 5.75 Å². The van der Waals surface area contributed by atoms with Crippen LogP contribution < -0.4 is 15.4 Å². The summed E-state index contributed by atoms with van der Waals surface area (Å²) in [6, 6.07) is 10.2. The second-order valence-electron chi connectivity index (χ2n) is 5.63. The van der Waals surface area contributed by atoms with Crippen LogP contribution in [0.3, 0.4) is 0 Å². The number of aromatic nitrogens is 2. The highest BCUT2D eigenvalue weighted by Crippen LogP contribution is 2.31. The normalized spacial score (nSPS) is 10.4. The smallest absolute Gasteiger partial charge is 0.353 e. The van der Waals surface area contributed by atoms with Gasteiger partial charge in [0.1, 0.15) is 12.1 Å². The number of nitrogens with zero attached hydrogens (tertiary/aromatic N) is 3. The summed E-state index contributed by atoms with van der Waals surface area (Å²) >= 11 is 0. The average Bonchev–Trinajstić information content (AvgIpc) is 2.69. The largest absolute Gasteiger partial charge is 0.497 e. The zero-order chi connectivity index (χ0) is 20.1. The molecule has 0 aliphatic rings. The Kier molecular flexibility index (Phi) is 5.58. The average molecular weight is 387 g/mol. The summed E-state index contributed by atoms with van der Waals surface area (Å²) in [7, 11) is 1.55. The van der Waals surface area contributed by atoms with Crippen LogP contribution in [0, 0.1) is 21.7 Å².